The number of benzene rings is 1. The standard InChI is InChI=1S/C25H28N4O5/c1-3-21(30)29-14-13-28(24(33)25(29)10-11-25)20(15-17-6-8-18(16-26)9-7-17)22(31)27-12-4-5-19(27)23(32)34-2/h3,6-9,19-20H,1,4-5,10-15H2,2H3/t19-,20-/m0/s1. The van der Waals surface area contributed by atoms with Crippen molar-refractivity contribution in [2.45, 2.75) is 49.7 Å². The molecule has 9 heteroatoms. The number of likely N-dealkylation sites (tertiary alicyclic amines) is 1. The first-order chi connectivity index (χ1) is 16.4. The lowest BCUT2D eigenvalue weighted by Gasteiger charge is -2.44. The van der Waals surface area contributed by atoms with Crippen LogP contribution in [0.15, 0.2) is 36.9 Å². The maximum atomic E-state index is 13.8. The van der Waals surface area contributed by atoms with Crippen molar-refractivity contribution in [3.05, 3.63) is 48.0 Å². The maximum Gasteiger partial charge on any atom is 0.328 e. The zero-order valence-electron chi connectivity index (χ0n) is 19.2. The van der Waals surface area contributed by atoms with Gasteiger partial charge in [-0.15, -0.1) is 0 Å². The summed E-state index contributed by atoms with van der Waals surface area (Å²) in [5.41, 5.74) is 0.384. The van der Waals surface area contributed by atoms with Crippen molar-refractivity contribution in [2.75, 3.05) is 26.7 Å². The van der Waals surface area contributed by atoms with E-state index in [-0.39, 0.29) is 30.7 Å². The SMILES string of the molecule is C=CC(=O)N1CCN([C@@H](Cc2ccc(C#N)cc2)C(=O)N2CCC[C@H]2C(=O)OC)C(=O)C12CC2. The van der Waals surface area contributed by atoms with Gasteiger partial charge in [-0.1, -0.05) is 18.7 Å². The summed E-state index contributed by atoms with van der Waals surface area (Å²) in [4.78, 5) is 56.8. The van der Waals surface area contributed by atoms with Crippen LogP contribution in [0.4, 0.5) is 0 Å². The zero-order valence-corrected chi connectivity index (χ0v) is 19.2. The molecule has 1 aromatic rings. The van der Waals surface area contributed by atoms with Gasteiger partial charge in [0.15, 0.2) is 0 Å². The Morgan fingerprint density at radius 2 is 1.94 bits per heavy atom. The summed E-state index contributed by atoms with van der Waals surface area (Å²) < 4.78 is 4.90. The summed E-state index contributed by atoms with van der Waals surface area (Å²) in [5, 5.41) is 9.09. The van der Waals surface area contributed by atoms with E-state index in [1.807, 2.05) is 0 Å². The van der Waals surface area contributed by atoms with Crippen LogP contribution in [0.3, 0.4) is 0 Å². The molecule has 34 heavy (non-hydrogen) atoms. The molecular formula is C25H28N4O5. The van der Waals surface area contributed by atoms with Crippen LogP contribution in [0.5, 0.6) is 0 Å². The predicted octanol–water partition coefficient (Wildman–Crippen LogP) is 1.02. The van der Waals surface area contributed by atoms with Crippen molar-refractivity contribution in [3.8, 4) is 6.07 Å². The zero-order chi connectivity index (χ0) is 24.5. The van der Waals surface area contributed by atoms with E-state index in [9.17, 15) is 19.2 Å². The Kier molecular flexibility index (Phi) is 6.42. The summed E-state index contributed by atoms with van der Waals surface area (Å²) in [6.07, 6.45) is 3.75. The highest BCUT2D eigenvalue weighted by atomic mass is 16.5. The molecule has 2 saturated heterocycles. The van der Waals surface area contributed by atoms with Crippen molar-refractivity contribution in [2.24, 2.45) is 0 Å². The summed E-state index contributed by atoms with van der Waals surface area (Å²) in [6.45, 7) is 4.49. The second-order valence-electron chi connectivity index (χ2n) is 8.97. The molecule has 1 saturated carbocycles. The Morgan fingerprint density at radius 1 is 1.24 bits per heavy atom. The molecule has 2 heterocycles. The molecule has 0 aromatic heterocycles. The smallest absolute Gasteiger partial charge is 0.328 e. The number of hydrogen-bond acceptors (Lipinski definition) is 6. The highest BCUT2D eigenvalue weighted by Gasteiger charge is 2.61. The normalized spacial score (nSPS) is 21.7. The average Bonchev–Trinajstić information content (AvgIpc) is 3.49. The number of piperazine rings is 1. The molecular weight excluding hydrogens is 436 g/mol. The van der Waals surface area contributed by atoms with Gasteiger partial charge in [-0.3, -0.25) is 14.4 Å². The lowest BCUT2D eigenvalue weighted by atomic mass is 9.98. The minimum atomic E-state index is -0.917. The fraction of sp³-hybridized carbons (Fsp3) is 0.480. The first-order valence-electron chi connectivity index (χ1n) is 11.5. The average molecular weight is 465 g/mol. The van der Waals surface area contributed by atoms with E-state index in [2.05, 4.69) is 12.6 Å². The number of nitrogens with zero attached hydrogens (tertiary/aromatic N) is 4. The monoisotopic (exact) mass is 464 g/mol. The van der Waals surface area contributed by atoms with Crippen LogP contribution in [0.25, 0.3) is 0 Å². The van der Waals surface area contributed by atoms with Crippen LogP contribution in [0, 0.1) is 11.3 Å². The summed E-state index contributed by atoms with van der Waals surface area (Å²) in [7, 11) is 1.30. The van der Waals surface area contributed by atoms with Crippen molar-refractivity contribution < 1.29 is 23.9 Å². The van der Waals surface area contributed by atoms with Gasteiger partial charge < -0.3 is 19.4 Å². The Bertz CT molecular complexity index is 1060. The number of nitriles is 1. The summed E-state index contributed by atoms with van der Waals surface area (Å²) >= 11 is 0. The molecule has 9 nitrogen and oxygen atoms in total. The van der Waals surface area contributed by atoms with Crippen molar-refractivity contribution >= 4 is 23.7 Å². The molecule has 1 aliphatic carbocycles. The Balaban J connectivity index is 1.65. The number of rotatable bonds is 6. The first kappa shape index (κ1) is 23.5. The van der Waals surface area contributed by atoms with Gasteiger partial charge in [0, 0.05) is 26.1 Å². The molecule has 3 fully saturated rings. The lowest BCUT2D eigenvalue weighted by Crippen LogP contribution is -2.65. The van der Waals surface area contributed by atoms with Gasteiger partial charge >= 0.3 is 5.97 Å². The van der Waals surface area contributed by atoms with Crippen molar-refractivity contribution in [3.63, 3.8) is 0 Å². The van der Waals surface area contributed by atoms with Gasteiger partial charge in [0.05, 0.1) is 18.7 Å². The Hall–Kier alpha value is -3.67. The van der Waals surface area contributed by atoms with Crippen molar-refractivity contribution in [1.29, 1.82) is 5.26 Å². The number of carbonyl (C=O) groups is 4. The van der Waals surface area contributed by atoms with Gasteiger partial charge in [-0.2, -0.15) is 5.26 Å². The highest BCUT2D eigenvalue weighted by molar-refractivity contribution is 6.00. The molecule has 0 unspecified atom stereocenters. The maximum absolute atomic E-state index is 13.8. The van der Waals surface area contributed by atoms with E-state index in [0.717, 1.165) is 5.56 Å². The molecule has 2 atom stereocenters. The largest absolute Gasteiger partial charge is 0.467 e. The third-order valence-electron chi connectivity index (χ3n) is 7.09. The molecule has 4 rings (SSSR count). The Morgan fingerprint density at radius 3 is 2.53 bits per heavy atom. The van der Waals surface area contributed by atoms with Crippen molar-refractivity contribution in [1.82, 2.24) is 14.7 Å². The predicted molar refractivity (Wildman–Crippen MR) is 121 cm³/mol. The Labute approximate surface area is 198 Å². The first-order valence-corrected chi connectivity index (χ1v) is 11.5. The van der Waals surface area contributed by atoms with Crippen LogP contribution in [-0.4, -0.2) is 82.8 Å². The molecule has 3 amide bonds. The third-order valence-corrected chi connectivity index (χ3v) is 7.09. The number of carbonyl (C=O) groups excluding carboxylic acids is 4. The fourth-order valence-corrected chi connectivity index (χ4v) is 5.11. The van der Waals surface area contributed by atoms with E-state index in [4.69, 9.17) is 10.00 Å². The lowest BCUT2D eigenvalue weighted by molar-refractivity contribution is -0.160. The van der Waals surface area contributed by atoms with Crippen LogP contribution in [0.1, 0.15) is 36.8 Å². The van der Waals surface area contributed by atoms with E-state index in [1.165, 1.54) is 18.1 Å². The molecule has 1 aromatic carbocycles. The minimum absolute atomic E-state index is 0.212. The van der Waals surface area contributed by atoms with E-state index >= 15 is 0 Å². The quantitative estimate of drug-likeness (QED) is 0.459. The van der Waals surface area contributed by atoms with E-state index in [1.54, 1.807) is 34.1 Å². The van der Waals surface area contributed by atoms with Gasteiger partial charge in [-0.25, -0.2) is 4.79 Å². The number of esters is 1. The minimum Gasteiger partial charge on any atom is -0.467 e. The number of amides is 3. The van der Waals surface area contributed by atoms with E-state index < -0.39 is 23.6 Å². The van der Waals surface area contributed by atoms with Crippen LogP contribution in [-0.2, 0) is 30.3 Å². The highest BCUT2D eigenvalue weighted by Crippen LogP contribution is 2.46. The number of methoxy groups -OCH3 is 1. The second-order valence-corrected chi connectivity index (χ2v) is 8.97. The molecule has 3 aliphatic rings. The van der Waals surface area contributed by atoms with Crippen LogP contribution in [0.2, 0.25) is 0 Å². The second kappa shape index (κ2) is 9.29. The molecule has 178 valence electrons. The third kappa shape index (κ3) is 4.04. The fourth-order valence-electron chi connectivity index (χ4n) is 5.11. The summed E-state index contributed by atoms with van der Waals surface area (Å²) in [6, 6.07) is 7.47. The van der Waals surface area contributed by atoms with Crippen LogP contribution >= 0.6 is 0 Å². The van der Waals surface area contributed by atoms with Gasteiger partial charge in [0.2, 0.25) is 17.7 Å². The molecule has 1 spiro atoms. The van der Waals surface area contributed by atoms with Gasteiger partial charge in [-0.05, 0) is 49.5 Å². The number of hydrogen-bond donors (Lipinski definition) is 0. The van der Waals surface area contributed by atoms with Gasteiger partial charge in [0.25, 0.3) is 0 Å². The molecule has 2 aliphatic heterocycles. The van der Waals surface area contributed by atoms with Gasteiger partial charge in [0.1, 0.15) is 17.6 Å². The van der Waals surface area contributed by atoms with E-state index in [0.29, 0.717) is 44.3 Å². The molecule has 0 bridgehead atoms. The molecule has 0 N–H and O–H groups in total. The van der Waals surface area contributed by atoms with Crippen LogP contribution < -0.4 is 0 Å². The molecule has 0 radical (unpaired) electrons. The summed E-state index contributed by atoms with van der Waals surface area (Å²) in [5.74, 6) is -1.29. The number of ether oxygens (including phenoxy) is 1. The topological polar surface area (TPSA) is 111 Å².